The minimum atomic E-state index is -1.18. The maximum atomic E-state index is 13.1. The topological polar surface area (TPSA) is 110 Å². The Morgan fingerprint density at radius 3 is 2.61 bits per heavy atom. The molecule has 0 saturated carbocycles. The van der Waals surface area contributed by atoms with E-state index < -0.39 is 5.97 Å². The summed E-state index contributed by atoms with van der Waals surface area (Å²) in [5.74, 6) is -0.778. The molecule has 0 atom stereocenters. The van der Waals surface area contributed by atoms with Gasteiger partial charge in [0, 0.05) is 5.56 Å². The second-order valence-electron chi connectivity index (χ2n) is 5.96. The summed E-state index contributed by atoms with van der Waals surface area (Å²) in [6, 6.07) is 11.1. The van der Waals surface area contributed by atoms with Crippen molar-refractivity contribution in [1.29, 1.82) is 0 Å². The van der Waals surface area contributed by atoms with E-state index in [1.807, 2.05) is 0 Å². The monoisotopic (exact) mass is 400 g/mol. The molecular weight excluding hydrogens is 388 g/mol. The van der Waals surface area contributed by atoms with Crippen molar-refractivity contribution >= 4 is 34.6 Å². The fourth-order valence-electron chi connectivity index (χ4n) is 2.77. The maximum absolute atomic E-state index is 13.1. The summed E-state index contributed by atoms with van der Waals surface area (Å²) >= 11 is 5.76. The third-order valence-corrected chi connectivity index (χ3v) is 4.20. The Morgan fingerprint density at radius 2 is 1.89 bits per heavy atom. The Balaban J connectivity index is 1.64. The van der Waals surface area contributed by atoms with Gasteiger partial charge in [0.25, 0.3) is 11.3 Å². The van der Waals surface area contributed by atoms with Gasteiger partial charge >= 0.3 is 5.97 Å². The van der Waals surface area contributed by atoms with Crippen molar-refractivity contribution < 1.29 is 27.9 Å². The Labute approximate surface area is 162 Å². The third-order valence-electron chi connectivity index (χ3n) is 4.04. The number of furan rings is 2. The van der Waals surface area contributed by atoms with Crippen molar-refractivity contribution in [3.63, 3.8) is 0 Å². The number of carbonyl (C=O) groups is 2. The number of carboxylic acids is 1. The van der Waals surface area contributed by atoms with Crippen molar-refractivity contribution in [3.05, 3.63) is 76.9 Å². The van der Waals surface area contributed by atoms with Gasteiger partial charge < -0.3 is 23.3 Å². The lowest BCUT2D eigenvalue weighted by Gasteiger charge is -2.20. The van der Waals surface area contributed by atoms with E-state index in [0.29, 0.717) is 28.2 Å². The lowest BCUT2D eigenvalue weighted by molar-refractivity contribution is 0.0653. The van der Waals surface area contributed by atoms with Crippen LogP contribution >= 0.6 is 11.6 Å². The molecule has 4 rings (SSSR count). The minimum Gasteiger partial charge on any atom is -0.475 e. The van der Waals surface area contributed by atoms with Gasteiger partial charge in [-0.15, -0.1) is 0 Å². The molecule has 0 saturated heterocycles. The summed E-state index contributed by atoms with van der Waals surface area (Å²) in [6.45, 7) is 0.233. The number of benzene rings is 1. The summed E-state index contributed by atoms with van der Waals surface area (Å²) in [5, 5.41) is 9.00. The van der Waals surface area contributed by atoms with Crippen molar-refractivity contribution in [2.45, 2.75) is 13.1 Å². The summed E-state index contributed by atoms with van der Waals surface area (Å²) in [6.07, 6.45) is 1.51. The first-order chi connectivity index (χ1) is 13.5. The zero-order valence-corrected chi connectivity index (χ0v) is 15.0. The van der Waals surface area contributed by atoms with E-state index >= 15 is 0 Å². The van der Waals surface area contributed by atoms with Crippen LogP contribution in [0, 0.1) is 0 Å². The van der Waals surface area contributed by atoms with Gasteiger partial charge in [0.1, 0.15) is 17.0 Å². The Bertz CT molecular complexity index is 1140. The number of amides is 1. The van der Waals surface area contributed by atoms with Crippen LogP contribution in [0.25, 0.3) is 11.1 Å². The molecule has 0 bridgehead atoms. The lowest BCUT2D eigenvalue weighted by Crippen LogP contribution is -2.29. The maximum Gasteiger partial charge on any atom is 0.371 e. The molecule has 1 aromatic carbocycles. The van der Waals surface area contributed by atoms with Gasteiger partial charge in [-0.1, -0.05) is 0 Å². The van der Waals surface area contributed by atoms with Crippen molar-refractivity contribution in [3.8, 4) is 0 Å². The number of hydrogen-bond donors (Lipinski definition) is 1. The van der Waals surface area contributed by atoms with Crippen LogP contribution in [0.1, 0.15) is 32.4 Å². The molecule has 4 aromatic rings. The molecule has 0 aliphatic carbocycles. The largest absolute Gasteiger partial charge is 0.475 e. The first-order valence-corrected chi connectivity index (χ1v) is 8.57. The zero-order chi connectivity index (χ0) is 19.7. The normalized spacial score (nSPS) is 11.0. The fourth-order valence-corrected chi connectivity index (χ4v) is 2.95. The van der Waals surface area contributed by atoms with Crippen LogP contribution in [-0.2, 0) is 13.1 Å². The number of nitrogens with zero attached hydrogens (tertiary/aromatic N) is 2. The van der Waals surface area contributed by atoms with Crippen LogP contribution in [0.5, 0.6) is 0 Å². The van der Waals surface area contributed by atoms with Crippen LogP contribution in [0.4, 0.5) is 0 Å². The highest BCUT2D eigenvalue weighted by molar-refractivity contribution is 6.28. The molecule has 142 valence electrons. The van der Waals surface area contributed by atoms with Gasteiger partial charge in [-0.25, -0.2) is 4.79 Å². The van der Waals surface area contributed by atoms with E-state index in [9.17, 15) is 9.59 Å². The van der Waals surface area contributed by atoms with Gasteiger partial charge in [-0.3, -0.25) is 4.79 Å². The minimum absolute atomic E-state index is 0.0103. The summed E-state index contributed by atoms with van der Waals surface area (Å²) in [7, 11) is 0. The van der Waals surface area contributed by atoms with Gasteiger partial charge in [0.15, 0.2) is 5.58 Å². The molecule has 0 aliphatic heterocycles. The number of rotatable bonds is 6. The number of carboxylic acid groups (broad SMARTS) is 1. The van der Waals surface area contributed by atoms with E-state index in [-0.39, 0.29) is 30.1 Å². The molecule has 28 heavy (non-hydrogen) atoms. The fraction of sp³-hybridized carbons (Fsp3) is 0.105. The number of fused-ring (bicyclic) bond motifs is 1. The van der Waals surface area contributed by atoms with Crippen molar-refractivity contribution in [2.24, 2.45) is 0 Å². The molecule has 8 nitrogen and oxygen atoms in total. The predicted molar refractivity (Wildman–Crippen MR) is 97.0 cm³/mol. The molecule has 3 aromatic heterocycles. The highest BCUT2D eigenvalue weighted by atomic mass is 35.5. The summed E-state index contributed by atoms with van der Waals surface area (Å²) < 4.78 is 15.8. The first-order valence-electron chi connectivity index (χ1n) is 8.19. The van der Waals surface area contributed by atoms with Gasteiger partial charge in [0.2, 0.25) is 5.76 Å². The molecule has 3 heterocycles. The second-order valence-corrected chi connectivity index (χ2v) is 6.28. The van der Waals surface area contributed by atoms with Crippen LogP contribution in [0.15, 0.2) is 62.0 Å². The van der Waals surface area contributed by atoms with Crippen LogP contribution in [-0.4, -0.2) is 26.9 Å². The highest BCUT2D eigenvalue weighted by Crippen LogP contribution is 2.22. The Morgan fingerprint density at radius 1 is 1.07 bits per heavy atom. The van der Waals surface area contributed by atoms with E-state index in [4.69, 9.17) is 30.0 Å². The average molecular weight is 401 g/mol. The SMILES string of the molecule is O=C(O)c1ccc(CN(Cc2ccco2)C(=O)c2ccc3oc(Cl)nc3c2)o1. The Hall–Kier alpha value is -3.52. The molecule has 1 amide bonds. The molecule has 0 spiro atoms. The number of carbonyl (C=O) groups excluding carboxylic acids is 1. The van der Waals surface area contributed by atoms with Crippen LogP contribution in [0.2, 0.25) is 5.35 Å². The molecule has 0 aliphatic rings. The highest BCUT2D eigenvalue weighted by Gasteiger charge is 2.21. The number of aromatic carboxylic acids is 1. The molecule has 0 unspecified atom stereocenters. The molecule has 1 N–H and O–H groups in total. The summed E-state index contributed by atoms with van der Waals surface area (Å²) in [4.78, 5) is 29.6. The predicted octanol–water partition coefficient (Wildman–Crippen LogP) is 4.21. The Kier molecular flexibility index (Phi) is 4.62. The van der Waals surface area contributed by atoms with E-state index in [0.717, 1.165) is 0 Å². The quantitative estimate of drug-likeness (QED) is 0.516. The smallest absolute Gasteiger partial charge is 0.371 e. The van der Waals surface area contributed by atoms with Gasteiger partial charge in [0.05, 0.1) is 19.4 Å². The van der Waals surface area contributed by atoms with Crippen molar-refractivity contribution in [2.75, 3.05) is 0 Å². The third kappa shape index (κ3) is 3.63. The molecule has 0 fully saturated rings. The van der Waals surface area contributed by atoms with E-state index in [1.54, 1.807) is 30.3 Å². The number of aromatic nitrogens is 1. The molecule has 9 heteroatoms. The first kappa shape index (κ1) is 17.9. The van der Waals surface area contributed by atoms with Crippen molar-refractivity contribution in [1.82, 2.24) is 9.88 Å². The number of halogens is 1. The molecule has 0 radical (unpaired) electrons. The molecular formula is C19H13ClN2O6. The van der Waals surface area contributed by atoms with E-state index in [2.05, 4.69) is 4.98 Å². The zero-order valence-electron chi connectivity index (χ0n) is 14.3. The average Bonchev–Trinajstić information content (AvgIpc) is 3.40. The van der Waals surface area contributed by atoms with E-state index in [1.165, 1.54) is 23.3 Å². The lowest BCUT2D eigenvalue weighted by atomic mass is 10.1. The van der Waals surface area contributed by atoms with Crippen LogP contribution in [0.3, 0.4) is 0 Å². The number of oxazole rings is 1. The number of hydrogen-bond acceptors (Lipinski definition) is 6. The second kappa shape index (κ2) is 7.24. The van der Waals surface area contributed by atoms with Crippen LogP contribution < -0.4 is 0 Å². The van der Waals surface area contributed by atoms with Gasteiger partial charge in [-0.2, -0.15) is 4.98 Å². The standard InChI is InChI=1S/C19H13ClN2O6/c20-19-21-14-8-11(3-5-15(14)28-19)17(23)22(9-12-2-1-7-26-12)10-13-4-6-16(27-13)18(24)25/h1-8H,9-10H2,(H,24,25). The summed E-state index contributed by atoms with van der Waals surface area (Å²) in [5.41, 5.74) is 1.30. The van der Waals surface area contributed by atoms with Gasteiger partial charge in [-0.05, 0) is 54.1 Å².